The first kappa shape index (κ1) is 16.3. The Morgan fingerprint density at radius 3 is 3.00 bits per heavy atom. The number of rotatable bonds is 2. The van der Waals surface area contributed by atoms with Gasteiger partial charge in [-0.3, -0.25) is 9.36 Å². The zero-order valence-electron chi connectivity index (χ0n) is 15.3. The summed E-state index contributed by atoms with van der Waals surface area (Å²) in [5, 5.41) is 1.75. The van der Waals surface area contributed by atoms with Crippen LogP contribution in [0.25, 0.3) is 32.8 Å². The Bertz CT molecular complexity index is 1310. The van der Waals surface area contributed by atoms with E-state index in [-0.39, 0.29) is 5.56 Å². The third-order valence-corrected chi connectivity index (χ3v) is 6.35. The Labute approximate surface area is 159 Å². The van der Waals surface area contributed by atoms with Crippen LogP contribution in [-0.2, 0) is 6.54 Å². The predicted molar refractivity (Wildman–Crippen MR) is 109 cm³/mol. The van der Waals surface area contributed by atoms with Gasteiger partial charge in [0.15, 0.2) is 11.3 Å². The Kier molecular flexibility index (Phi) is 3.52. The van der Waals surface area contributed by atoms with Gasteiger partial charge in [-0.2, -0.15) is 0 Å². The number of fused-ring (bicyclic) bond motifs is 3. The highest BCUT2D eigenvalue weighted by molar-refractivity contribution is 7.18. The van der Waals surface area contributed by atoms with Crippen LogP contribution >= 0.6 is 11.3 Å². The second-order valence-corrected chi connectivity index (χ2v) is 8.01. The monoisotopic (exact) mass is 378 g/mol. The topological polar surface area (TPSA) is 57.3 Å². The number of hydrogen-bond acceptors (Lipinski definition) is 5. The minimum Gasteiger partial charge on any atom is -0.493 e. The first-order chi connectivity index (χ1) is 13.1. The molecule has 0 aliphatic carbocycles. The fourth-order valence-electron chi connectivity index (χ4n) is 3.72. The molecule has 5 rings (SSSR count). The van der Waals surface area contributed by atoms with Crippen LogP contribution in [0.5, 0.6) is 5.75 Å². The number of methoxy groups -OCH3 is 1. The maximum atomic E-state index is 12.9. The van der Waals surface area contributed by atoms with Crippen molar-refractivity contribution in [3.8, 4) is 5.75 Å². The highest BCUT2D eigenvalue weighted by atomic mass is 32.1. The van der Waals surface area contributed by atoms with Crippen LogP contribution in [0.1, 0.15) is 28.4 Å². The summed E-state index contributed by atoms with van der Waals surface area (Å²) in [6.45, 7) is 4.69. The minimum atomic E-state index is 0.0616. The van der Waals surface area contributed by atoms with Crippen molar-refractivity contribution < 1.29 is 9.15 Å². The molecule has 0 saturated heterocycles. The standard InChI is InChI=1S/C21H18N2O3S/c1-11-12(2)27-20-17(11)21(24)23-8-7-14(19(23)22-20)10-15-9-13-5-4-6-16(25-3)18(13)26-15/h4-6,9-10H,7-8H2,1-3H3/b14-10+. The van der Waals surface area contributed by atoms with E-state index in [1.165, 1.54) is 0 Å². The first-order valence-corrected chi connectivity index (χ1v) is 9.66. The maximum absolute atomic E-state index is 12.9. The molecule has 136 valence electrons. The molecule has 0 unspecified atom stereocenters. The molecule has 27 heavy (non-hydrogen) atoms. The molecule has 3 aromatic heterocycles. The molecule has 0 N–H and O–H groups in total. The summed E-state index contributed by atoms with van der Waals surface area (Å²) in [7, 11) is 1.63. The van der Waals surface area contributed by atoms with Gasteiger partial charge >= 0.3 is 0 Å². The quantitative estimate of drug-likeness (QED) is 0.504. The fourth-order valence-corrected chi connectivity index (χ4v) is 4.74. The average molecular weight is 378 g/mol. The summed E-state index contributed by atoms with van der Waals surface area (Å²) in [4.78, 5) is 19.7. The molecule has 5 nitrogen and oxygen atoms in total. The van der Waals surface area contributed by atoms with Gasteiger partial charge < -0.3 is 9.15 Å². The van der Waals surface area contributed by atoms with E-state index in [1.807, 2.05) is 44.2 Å². The number of aryl methyl sites for hydroxylation is 2. The van der Waals surface area contributed by atoms with Gasteiger partial charge in [0, 0.05) is 22.4 Å². The van der Waals surface area contributed by atoms with Crippen molar-refractivity contribution in [3.05, 3.63) is 56.6 Å². The summed E-state index contributed by atoms with van der Waals surface area (Å²) in [5.74, 6) is 2.21. The number of hydrogen-bond donors (Lipinski definition) is 0. The average Bonchev–Trinajstić information content (AvgIpc) is 3.32. The Morgan fingerprint density at radius 2 is 2.19 bits per heavy atom. The highest BCUT2D eigenvalue weighted by Gasteiger charge is 2.23. The van der Waals surface area contributed by atoms with Gasteiger partial charge in [0.2, 0.25) is 0 Å². The zero-order chi connectivity index (χ0) is 18.7. The lowest BCUT2D eigenvalue weighted by atomic mass is 10.1. The number of benzene rings is 1. The van der Waals surface area contributed by atoms with Crippen molar-refractivity contribution in [2.45, 2.75) is 26.8 Å². The van der Waals surface area contributed by atoms with E-state index in [1.54, 1.807) is 23.0 Å². The lowest BCUT2D eigenvalue weighted by Gasteiger charge is -2.03. The van der Waals surface area contributed by atoms with E-state index >= 15 is 0 Å². The lowest BCUT2D eigenvalue weighted by Crippen LogP contribution is -2.20. The molecule has 4 heterocycles. The largest absolute Gasteiger partial charge is 0.493 e. The molecule has 1 aliphatic rings. The molecule has 0 radical (unpaired) electrons. The molecule has 4 aromatic rings. The summed E-state index contributed by atoms with van der Waals surface area (Å²) in [6, 6.07) is 7.81. The number of aromatic nitrogens is 2. The smallest absolute Gasteiger partial charge is 0.262 e. The molecule has 0 fully saturated rings. The van der Waals surface area contributed by atoms with Crippen LogP contribution in [0.4, 0.5) is 0 Å². The van der Waals surface area contributed by atoms with Crippen molar-refractivity contribution in [2.24, 2.45) is 0 Å². The second kappa shape index (κ2) is 5.82. The maximum Gasteiger partial charge on any atom is 0.262 e. The highest BCUT2D eigenvalue weighted by Crippen LogP contribution is 2.34. The van der Waals surface area contributed by atoms with Crippen LogP contribution < -0.4 is 10.3 Å². The fraction of sp³-hybridized carbons (Fsp3) is 0.238. The van der Waals surface area contributed by atoms with Crippen molar-refractivity contribution >= 4 is 44.2 Å². The molecule has 0 bridgehead atoms. The van der Waals surface area contributed by atoms with Crippen LogP contribution in [-0.4, -0.2) is 16.7 Å². The number of ether oxygens (including phenoxy) is 1. The second-order valence-electron chi connectivity index (χ2n) is 6.80. The van der Waals surface area contributed by atoms with Crippen molar-refractivity contribution in [1.29, 1.82) is 0 Å². The number of furan rings is 1. The summed E-state index contributed by atoms with van der Waals surface area (Å²) >= 11 is 1.58. The van der Waals surface area contributed by atoms with Gasteiger partial charge in [0.05, 0.1) is 12.5 Å². The number of thiophene rings is 1. The van der Waals surface area contributed by atoms with E-state index in [0.717, 1.165) is 55.2 Å². The third kappa shape index (κ3) is 2.36. The normalized spacial score (nSPS) is 15.1. The van der Waals surface area contributed by atoms with Gasteiger partial charge in [-0.1, -0.05) is 12.1 Å². The Morgan fingerprint density at radius 1 is 1.33 bits per heavy atom. The molecule has 0 amide bonds. The van der Waals surface area contributed by atoms with Gasteiger partial charge in [-0.15, -0.1) is 11.3 Å². The predicted octanol–water partition coefficient (Wildman–Crippen LogP) is 4.77. The summed E-state index contributed by atoms with van der Waals surface area (Å²) in [6.07, 6.45) is 2.76. The minimum absolute atomic E-state index is 0.0616. The molecular formula is C21H18N2O3S. The summed E-state index contributed by atoms with van der Waals surface area (Å²) < 4.78 is 13.2. The van der Waals surface area contributed by atoms with Gasteiger partial charge in [-0.05, 0) is 44.0 Å². The zero-order valence-corrected chi connectivity index (χ0v) is 16.1. The molecule has 6 heteroatoms. The molecular weight excluding hydrogens is 360 g/mol. The number of nitrogens with zero attached hydrogens (tertiary/aromatic N) is 2. The third-order valence-electron chi connectivity index (χ3n) is 5.24. The first-order valence-electron chi connectivity index (χ1n) is 8.85. The summed E-state index contributed by atoms with van der Waals surface area (Å²) in [5.41, 5.74) is 2.86. The van der Waals surface area contributed by atoms with Crippen molar-refractivity contribution in [2.75, 3.05) is 7.11 Å². The number of para-hydroxylation sites is 1. The number of allylic oxidation sites excluding steroid dienone is 1. The molecule has 0 atom stereocenters. The molecule has 1 aromatic carbocycles. The van der Waals surface area contributed by atoms with Crippen LogP contribution in [0.3, 0.4) is 0 Å². The van der Waals surface area contributed by atoms with E-state index in [0.29, 0.717) is 12.3 Å². The van der Waals surface area contributed by atoms with E-state index in [4.69, 9.17) is 14.1 Å². The van der Waals surface area contributed by atoms with Crippen LogP contribution in [0.2, 0.25) is 0 Å². The van der Waals surface area contributed by atoms with Gasteiger partial charge in [0.25, 0.3) is 5.56 Å². The molecule has 0 spiro atoms. The van der Waals surface area contributed by atoms with E-state index in [2.05, 4.69) is 0 Å². The van der Waals surface area contributed by atoms with Gasteiger partial charge in [-0.25, -0.2) is 4.98 Å². The van der Waals surface area contributed by atoms with Gasteiger partial charge in [0.1, 0.15) is 16.4 Å². The SMILES string of the molecule is COc1cccc2cc(/C=C3\CCn4c3nc3sc(C)c(C)c3c4=O)oc12. The van der Waals surface area contributed by atoms with Crippen LogP contribution in [0, 0.1) is 13.8 Å². The van der Waals surface area contributed by atoms with Crippen molar-refractivity contribution in [1.82, 2.24) is 9.55 Å². The Balaban J connectivity index is 1.67. The van der Waals surface area contributed by atoms with E-state index < -0.39 is 0 Å². The lowest BCUT2D eigenvalue weighted by molar-refractivity contribution is 0.410. The Hall–Kier alpha value is -2.86. The molecule has 1 aliphatic heterocycles. The van der Waals surface area contributed by atoms with E-state index in [9.17, 15) is 4.79 Å². The van der Waals surface area contributed by atoms with Crippen LogP contribution in [0.15, 0.2) is 33.5 Å². The van der Waals surface area contributed by atoms with Crippen molar-refractivity contribution in [3.63, 3.8) is 0 Å². The molecule has 0 saturated carbocycles.